The highest BCUT2D eigenvalue weighted by atomic mass is 32.1. The van der Waals surface area contributed by atoms with Crippen LogP contribution in [-0.2, 0) is 12.6 Å². The molecule has 134 valence electrons. The van der Waals surface area contributed by atoms with Gasteiger partial charge < -0.3 is 17.9 Å². The third-order valence-electron chi connectivity index (χ3n) is 3.82. The number of hydrogen-bond acceptors (Lipinski definition) is 6. The molecular formula is C19H21N5S2. The van der Waals surface area contributed by atoms with Gasteiger partial charge in [-0.05, 0) is 42.5 Å². The Balaban J connectivity index is 0.000000278. The first-order valence-corrected chi connectivity index (χ1v) is 9.89. The highest BCUT2D eigenvalue weighted by Crippen LogP contribution is 2.33. The zero-order valence-corrected chi connectivity index (χ0v) is 16.0. The van der Waals surface area contributed by atoms with Crippen LogP contribution in [0.5, 0.6) is 0 Å². The summed E-state index contributed by atoms with van der Waals surface area (Å²) in [6, 6.07) is 7.62. The normalized spacial score (nSPS) is 14.0. The summed E-state index contributed by atoms with van der Waals surface area (Å²) in [6.45, 7) is 2.75. The lowest BCUT2D eigenvalue weighted by atomic mass is 10.2. The van der Waals surface area contributed by atoms with Crippen molar-refractivity contribution in [2.75, 3.05) is 13.1 Å². The number of rotatable bonds is 3. The molecule has 0 unspecified atom stereocenters. The standard InChI is InChI=1S/C14H10N4S2.C5H11N/c19-12-14(17-8-10-3-1-5-15-7-10)20-13(18-12)11-4-2-6-16-9-11;1-2-4-6-5-3-1/h1-9,19H;6H,1-5H2/b17-8+;. The van der Waals surface area contributed by atoms with Crippen LogP contribution in [-0.4, -0.2) is 34.3 Å². The molecule has 1 fully saturated rings. The molecule has 1 aliphatic heterocycles. The molecule has 2 N–H and O–H groups in total. The van der Waals surface area contributed by atoms with Crippen molar-refractivity contribution in [1.82, 2.24) is 15.0 Å². The molecule has 0 aromatic carbocycles. The molecule has 0 spiro atoms. The summed E-state index contributed by atoms with van der Waals surface area (Å²) in [5.74, 6) is 0. The Morgan fingerprint density at radius 3 is 2.38 bits per heavy atom. The Morgan fingerprint density at radius 2 is 1.81 bits per heavy atom. The molecule has 1 saturated heterocycles. The van der Waals surface area contributed by atoms with Gasteiger partial charge in [-0.2, -0.15) is 0 Å². The first-order valence-electron chi connectivity index (χ1n) is 8.67. The number of aromatic nitrogens is 3. The number of piperidine rings is 1. The number of pyridine rings is 2. The second-order valence-electron chi connectivity index (χ2n) is 5.84. The van der Waals surface area contributed by atoms with Crippen LogP contribution in [0.1, 0.15) is 24.8 Å². The van der Waals surface area contributed by atoms with Crippen molar-refractivity contribution in [2.24, 2.45) is 4.99 Å². The van der Waals surface area contributed by atoms with E-state index in [4.69, 9.17) is 12.6 Å². The minimum Gasteiger partial charge on any atom is -0.757 e. The van der Waals surface area contributed by atoms with Crippen molar-refractivity contribution in [3.8, 4) is 10.6 Å². The number of nitrogens with two attached hydrogens (primary N) is 1. The van der Waals surface area contributed by atoms with E-state index in [1.165, 1.54) is 43.7 Å². The molecule has 0 saturated carbocycles. The summed E-state index contributed by atoms with van der Waals surface area (Å²) in [5, 5.41) is 4.46. The van der Waals surface area contributed by atoms with Gasteiger partial charge in [0.05, 0.1) is 13.1 Å². The first-order chi connectivity index (χ1) is 12.8. The maximum atomic E-state index is 5.24. The van der Waals surface area contributed by atoms with Gasteiger partial charge >= 0.3 is 0 Å². The highest BCUT2D eigenvalue weighted by Gasteiger charge is 2.04. The van der Waals surface area contributed by atoms with Crippen LogP contribution in [0.3, 0.4) is 0 Å². The van der Waals surface area contributed by atoms with Crippen molar-refractivity contribution in [3.05, 3.63) is 54.6 Å². The van der Waals surface area contributed by atoms with Crippen molar-refractivity contribution in [2.45, 2.75) is 24.3 Å². The molecule has 0 aliphatic carbocycles. The van der Waals surface area contributed by atoms with Gasteiger partial charge in [0.2, 0.25) is 0 Å². The summed E-state index contributed by atoms with van der Waals surface area (Å²) >= 11 is 6.70. The van der Waals surface area contributed by atoms with Crippen LogP contribution in [0.4, 0.5) is 5.00 Å². The summed E-state index contributed by atoms with van der Waals surface area (Å²) in [7, 11) is 0. The van der Waals surface area contributed by atoms with Crippen LogP contribution in [0, 0.1) is 0 Å². The van der Waals surface area contributed by atoms with E-state index in [1.807, 2.05) is 24.3 Å². The highest BCUT2D eigenvalue weighted by molar-refractivity contribution is 7.59. The second-order valence-corrected chi connectivity index (χ2v) is 7.21. The Hall–Kier alpha value is -2.22. The topological polar surface area (TPSA) is 67.6 Å². The zero-order chi connectivity index (χ0) is 18.0. The summed E-state index contributed by atoms with van der Waals surface area (Å²) < 4.78 is 0. The van der Waals surface area contributed by atoms with Gasteiger partial charge in [0.1, 0.15) is 10.0 Å². The van der Waals surface area contributed by atoms with Crippen LogP contribution < -0.4 is 5.32 Å². The van der Waals surface area contributed by atoms with Gasteiger partial charge in [-0.3, -0.25) is 15.0 Å². The monoisotopic (exact) mass is 383 g/mol. The molecule has 7 heteroatoms. The molecule has 3 aromatic rings. The predicted octanol–water partition coefficient (Wildman–Crippen LogP) is 2.99. The molecule has 5 nitrogen and oxygen atoms in total. The molecule has 4 rings (SSSR count). The van der Waals surface area contributed by atoms with E-state index in [0.29, 0.717) is 5.03 Å². The fourth-order valence-electron chi connectivity index (χ4n) is 2.48. The number of aliphatic imine (C=N–C) groups is 1. The van der Waals surface area contributed by atoms with Gasteiger partial charge in [-0.1, -0.05) is 17.4 Å². The molecule has 1 aliphatic rings. The van der Waals surface area contributed by atoms with Crippen molar-refractivity contribution in [1.29, 1.82) is 0 Å². The van der Waals surface area contributed by atoms with E-state index in [-0.39, 0.29) is 0 Å². The minimum absolute atomic E-state index is 0.508. The number of hydrogen-bond donors (Lipinski definition) is 1. The SMILES string of the molecule is C1CC[NH2+]CC1.[S-]c1nc(-c2cccnc2)sc1/N=C/c1cccnc1. The second kappa shape index (κ2) is 10.1. The van der Waals surface area contributed by atoms with Gasteiger partial charge in [-0.15, -0.1) is 0 Å². The van der Waals surface area contributed by atoms with Gasteiger partial charge in [0.25, 0.3) is 0 Å². The maximum Gasteiger partial charge on any atom is 0.125 e. The average molecular weight is 384 g/mol. The van der Waals surface area contributed by atoms with Crippen LogP contribution in [0.2, 0.25) is 0 Å². The molecule has 0 radical (unpaired) electrons. The maximum absolute atomic E-state index is 5.24. The lowest BCUT2D eigenvalue weighted by molar-refractivity contribution is -0.662. The van der Waals surface area contributed by atoms with Crippen molar-refractivity contribution < 1.29 is 5.32 Å². The molecular weight excluding hydrogens is 362 g/mol. The number of nitrogens with zero attached hydrogens (tertiary/aromatic N) is 4. The molecule has 0 atom stereocenters. The van der Waals surface area contributed by atoms with E-state index >= 15 is 0 Å². The number of quaternary nitrogens is 1. The Kier molecular flexibility index (Phi) is 7.18. The summed E-state index contributed by atoms with van der Waals surface area (Å²) in [6.07, 6.45) is 13.1. The fourth-order valence-corrected chi connectivity index (χ4v) is 3.60. The van der Waals surface area contributed by atoms with Crippen LogP contribution in [0.25, 0.3) is 10.6 Å². The zero-order valence-electron chi connectivity index (χ0n) is 14.4. The molecule has 3 aromatic heterocycles. The van der Waals surface area contributed by atoms with Crippen molar-refractivity contribution >= 4 is 35.2 Å². The van der Waals surface area contributed by atoms with Gasteiger partial charge in [0, 0.05) is 42.1 Å². The van der Waals surface area contributed by atoms with Gasteiger partial charge in [-0.25, -0.2) is 4.99 Å². The van der Waals surface area contributed by atoms with Crippen LogP contribution in [0.15, 0.2) is 59.1 Å². The summed E-state index contributed by atoms with van der Waals surface area (Å²) in [5.41, 5.74) is 1.88. The minimum atomic E-state index is 0.508. The van der Waals surface area contributed by atoms with E-state index in [1.54, 1.807) is 31.0 Å². The third kappa shape index (κ3) is 5.66. The Bertz CT molecular complexity index is 803. The molecule has 4 heterocycles. The quantitative estimate of drug-likeness (QED) is 0.558. The van der Waals surface area contributed by atoms with Crippen molar-refractivity contribution in [3.63, 3.8) is 0 Å². The molecule has 0 amide bonds. The smallest absolute Gasteiger partial charge is 0.125 e. The Morgan fingerprint density at radius 1 is 1.04 bits per heavy atom. The summed E-state index contributed by atoms with van der Waals surface area (Å²) in [4.78, 5) is 16.9. The predicted molar refractivity (Wildman–Crippen MR) is 108 cm³/mol. The number of thiazole rings is 1. The fraction of sp³-hybridized carbons (Fsp3) is 0.263. The average Bonchev–Trinajstić information content (AvgIpc) is 3.10. The molecule has 26 heavy (non-hydrogen) atoms. The van der Waals surface area contributed by atoms with E-state index < -0.39 is 0 Å². The van der Waals surface area contributed by atoms with Crippen LogP contribution >= 0.6 is 11.3 Å². The lowest BCUT2D eigenvalue weighted by Gasteiger charge is -2.05. The third-order valence-corrected chi connectivity index (χ3v) is 5.25. The largest absolute Gasteiger partial charge is 0.757 e. The first kappa shape index (κ1) is 18.6. The van der Waals surface area contributed by atoms with E-state index in [2.05, 4.69) is 25.3 Å². The van der Waals surface area contributed by atoms with Gasteiger partial charge in [0.15, 0.2) is 0 Å². The van der Waals surface area contributed by atoms with E-state index in [0.717, 1.165) is 21.1 Å². The van der Waals surface area contributed by atoms with E-state index in [9.17, 15) is 0 Å². The Labute approximate surface area is 163 Å². The lowest BCUT2D eigenvalue weighted by Crippen LogP contribution is -2.85. The molecule has 0 bridgehead atoms.